The van der Waals surface area contributed by atoms with Crippen molar-refractivity contribution in [1.29, 1.82) is 0 Å². The number of carboxylic acid groups (broad SMARTS) is 1. The Hall–Kier alpha value is -2.36. The highest BCUT2D eigenvalue weighted by atomic mass is 19.1. The lowest BCUT2D eigenvalue weighted by Crippen LogP contribution is -1.99. The first-order valence-corrected chi connectivity index (χ1v) is 5.33. The van der Waals surface area contributed by atoms with Crippen LogP contribution in [0.1, 0.15) is 15.9 Å². The molecule has 0 aliphatic carbocycles. The van der Waals surface area contributed by atoms with Crippen molar-refractivity contribution in [2.45, 2.75) is 6.92 Å². The molecular formula is C14H11FO3. The van der Waals surface area contributed by atoms with Crippen molar-refractivity contribution in [2.24, 2.45) is 0 Å². The fraction of sp³-hybridized carbons (Fsp3) is 0.0714. The molecule has 1 N–H and O–H groups in total. The second-order valence-corrected chi connectivity index (χ2v) is 3.84. The molecule has 0 aliphatic rings. The summed E-state index contributed by atoms with van der Waals surface area (Å²) in [6.07, 6.45) is 0. The molecule has 0 radical (unpaired) electrons. The maximum Gasteiger partial charge on any atom is 0.335 e. The van der Waals surface area contributed by atoms with E-state index in [1.54, 1.807) is 19.1 Å². The maximum absolute atomic E-state index is 12.7. The van der Waals surface area contributed by atoms with Crippen molar-refractivity contribution in [3.05, 3.63) is 59.4 Å². The summed E-state index contributed by atoms with van der Waals surface area (Å²) < 4.78 is 18.2. The van der Waals surface area contributed by atoms with Gasteiger partial charge in [-0.05, 0) is 55.0 Å². The lowest BCUT2D eigenvalue weighted by atomic mass is 10.1. The van der Waals surface area contributed by atoms with Crippen LogP contribution in [-0.2, 0) is 0 Å². The molecule has 92 valence electrons. The van der Waals surface area contributed by atoms with Gasteiger partial charge in [-0.2, -0.15) is 0 Å². The average molecular weight is 246 g/mol. The standard InChI is InChI=1S/C14H11FO3/c1-9-8-12(6-7-13(9)14(16)17)18-11-4-2-10(15)3-5-11/h2-8H,1H3,(H,16,17). The third-order valence-corrected chi connectivity index (χ3v) is 2.48. The summed E-state index contributed by atoms with van der Waals surface area (Å²) in [6, 6.07) is 10.3. The molecule has 0 atom stereocenters. The molecule has 4 heteroatoms. The van der Waals surface area contributed by atoms with E-state index in [1.165, 1.54) is 30.3 Å². The Morgan fingerprint density at radius 3 is 2.28 bits per heavy atom. The van der Waals surface area contributed by atoms with Crippen LogP contribution < -0.4 is 4.74 Å². The molecule has 0 fully saturated rings. The van der Waals surface area contributed by atoms with Gasteiger partial charge in [0.15, 0.2) is 0 Å². The molecule has 0 heterocycles. The zero-order chi connectivity index (χ0) is 13.1. The van der Waals surface area contributed by atoms with Crippen LogP contribution in [0, 0.1) is 12.7 Å². The molecule has 18 heavy (non-hydrogen) atoms. The quantitative estimate of drug-likeness (QED) is 0.899. The van der Waals surface area contributed by atoms with E-state index in [9.17, 15) is 9.18 Å². The van der Waals surface area contributed by atoms with Crippen molar-refractivity contribution in [3.63, 3.8) is 0 Å². The van der Waals surface area contributed by atoms with Gasteiger partial charge in [-0.1, -0.05) is 0 Å². The summed E-state index contributed by atoms with van der Waals surface area (Å²) in [4.78, 5) is 10.8. The molecule has 2 rings (SSSR count). The van der Waals surface area contributed by atoms with Crippen molar-refractivity contribution >= 4 is 5.97 Å². The minimum atomic E-state index is -0.971. The van der Waals surface area contributed by atoms with E-state index in [-0.39, 0.29) is 11.4 Å². The van der Waals surface area contributed by atoms with Crippen molar-refractivity contribution in [1.82, 2.24) is 0 Å². The summed E-state index contributed by atoms with van der Waals surface area (Å²) in [5, 5.41) is 8.89. The van der Waals surface area contributed by atoms with E-state index in [1.807, 2.05) is 0 Å². The number of carboxylic acids is 1. The van der Waals surface area contributed by atoms with Crippen LogP contribution in [0.5, 0.6) is 11.5 Å². The Morgan fingerprint density at radius 2 is 1.72 bits per heavy atom. The van der Waals surface area contributed by atoms with Gasteiger partial charge in [-0.25, -0.2) is 9.18 Å². The Labute approximate surface area is 103 Å². The number of carbonyl (C=O) groups is 1. The van der Waals surface area contributed by atoms with Gasteiger partial charge < -0.3 is 9.84 Å². The zero-order valence-corrected chi connectivity index (χ0v) is 9.68. The van der Waals surface area contributed by atoms with Gasteiger partial charge in [-0.3, -0.25) is 0 Å². The highest BCUT2D eigenvalue weighted by Gasteiger charge is 2.08. The number of halogens is 1. The van der Waals surface area contributed by atoms with Gasteiger partial charge in [0.25, 0.3) is 0 Å². The number of aromatic carboxylic acids is 1. The number of rotatable bonds is 3. The van der Waals surface area contributed by atoms with E-state index in [0.717, 1.165) is 0 Å². The van der Waals surface area contributed by atoms with Gasteiger partial charge in [0.1, 0.15) is 17.3 Å². The molecule has 0 amide bonds. The smallest absolute Gasteiger partial charge is 0.335 e. The summed E-state index contributed by atoms with van der Waals surface area (Å²) in [5.41, 5.74) is 0.851. The minimum Gasteiger partial charge on any atom is -0.478 e. The second-order valence-electron chi connectivity index (χ2n) is 3.84. The molecule has 0 aromatic heterocycles. The number of aryl methyl sites for hydroxylation is 1. The number of hydrogen-bond acceptors (Lipinski definition) is 2. The number of hydrogen-bond donors (Lipinski definition) is 1. The normalized spacial score (nSPS) is 10.1. The Morgan fingerprint density at radius 1 is 1.11 bits per heavy atom. The molecule has 0 bridgehead atoms. The second kappa shape index (κ2) is 4.87. The van der Waals surface area contributed by atoms with E-state index in [4.69, 9.17) is 9.84 Å². The van der Waals surface area contributed by atoms with Crippen LogP contribution in [0.2, 0.25) is 0 Å². The third-order valence-electron chi connectivity index (χ3n) is 2.48. The Balaban J connectivity index is 2.22. The first-order chi connectivity index (χ1) is 8.56. The van der Waals surface area contributed by atoms with Gasteiger partial charge >= 0.3 is 5.97 Å². The van der Waals surface area contributed by atoms with Crippen LogP contribution in [0.25, 0.3) is 0 Å². The monoisotopic (exact) mass is 246 g/mol. The van der Waals surface area contributed by atoms with Crippen molar-refractivity contribution in [3.8, 4) is 11.5 Å². The van der Waals surface area contributed by atoms with Crippen LogP contribution in [0.4, 0.5) is 4.39 Å². The number of ether oxygens (including phenoxy) is 1. The predicted octanol–water partition coefficient (Wildman–Crippen LogP) is 3.62. The average Bonchev–Trinajstić information content (AvgIpc) is 2.32. The zero-order valence-electron chi connectivity index (χ0n) is 9.68. The molecule has 3 nitrogen and oxygen atoms in total. The molecule has 0 aliphatic heterocycles. The first kappa shape index (κ1) is 12.1. The van der Waals surface area contributed by atoms with E-state index < -0.39 is 5.97 Å². The molecular weight excluding hydrogens is 235 g/mol. The summed E-state index contributed by atoms with van der Waals surface area (Å²) in [5.74, 6) is -0.288. The van der Waals surface area contributed by atoms with Gasteiger partial charge in [0.05, 0.1) is 5.56 Å². The minimum absolute atomic E-state index is 0.237. The fourth-order valence-electron chi connectivity index (χ4n) is 1.58. The molecule has 0 unspecified atom stereocenters. The number of benzene rings is 2. The van der Waals surface area contributed by atoms with Crippen molar-refractivity contribution < 1.29 is 19.0 Å². The van der Waals surface area contributed by atoms with Gasteiger partial charge in [0, 0.05) is 0 Å². The predicted molar refractivity (Wildman–Crippen MR) is 64.6 cm³/mol. The SMILES string of the molecule is Cc1cc(Oc2ccc(F)cc2)ccc1C(=O)O. The molecule has 2 aromatic rings. The lowest BCUT2D eigenvalue weighted by Gasteiger charge is -2.07. The summed E-state index contributed by atoms with van der Waals surface area (Å²) in [6.45, 7) is 1.70. The summed E-state index contributed by atoms with van der Waals surface area (Å²) >= 11 is 0. The summed E-state index contributed by atoms with van der Waals surface area (Å²) in [7, 11) is 0. The van der Waals surface area contributed by atoms with Crippen LogP contribution in [0.15, 0.2) is 42.5 Å². The maximum atomic E-state index is 12.7. The molecule has 0 saturated heterocycles. The van der Waals surface area contributed by atoms with Crippen LogP contribution in [-0.4, -0.2) is 11.1 Å². The van der Waals surface area contributed by atoms with E-state index in [0.29, 0.717) is 17.1 Å². The van der Waals surface area contributed by atoms with E-state index >= 15 is 0 Å². The largest absolute Gasteiger partial charge is 0.478 e. The first-order valence-electron chi connectivity index (χ1n) is 5.33. The van der Waals surface area contributed by atoms with Gasteiger partial charge in [0.2, 0.25) is 0 Å². The molecule has 0 spiro atoms. The third kappa shape index (κ3) is 2.66. The Kier molecular flexibility index (Phi) is 3.28. The Bertz CT molecular complexity index is 576. The highest BCUT2D eigenvalue weighted by Crippen LogP contribution is 2.24. The van der Waals surface area contributed by atoms with E-state index in [2.05, 4.69) is 0 Å². The molecule has 2 aromatic carbocycles. The van der Waals surface area contributed by atoms with Crippen LogP contribution >= 0.6 is 0 Å². The fourth-order valence-corrected chi connectivity index (χ4v) is 1.58. The highest BCUT2D eigenvalue weighted by molar-refractivity contribution is 5.89. The van der Waals surface area contributed by atoms with Crippen LogP contribution in [0.3, 0.4) is 0 Å². The van der Waals surface area contributed by atoms with Gasteiger partial charge in [-0.15, -0.1) is 0 Å². The lowest BCUT2D eigenvalue weighted by molar-refractivity contribution is 0.0696. The van der Waals surface area contributed by atoms with Crippen molar-refractivity contribution in [2.75, 3.05) is 0 Å². The molecule has 0 saturated carbocycles. The topological polar surface area (TPSA) is 46.5 Å².